The second-order valence-electron chi connectivity index (χ2n) is 5.93. The van der Waals surface area contributed by atoms with Crippen molar-refractivity contribution in [2.24, 2.45) is 17.3 Å². The smallest absolute Gasteiger partial charge is 0.327 e. The molecule has 1 saturated heterocycles. The molecular formula is C14H20O4. The van der Waals surface area contributed by atoms with Crippen molar-refractivity contribution in [2.75, 3.05) is 0 Å². The van der Waals surface area contributed by atoms with Crippen LogP contribution in [0.1, 0.15) is 40.5 Å². The summed E-state index contributed by atoms with van der Waals surface area (Å²) in [5.41, 5.74) is -0.339. The first kappa shape index (κ1) is 13.1. The lowest BCUT2D eigenvalue weighted by atomic mass is 9.69. The Labute approximate surface area is 107 Å². The van der Waals surface area contributed by atoms with E-state index in [1.807, 2.05) is 13.8 Å². The molecule has 2 atom stereocenters. The van der Waals surface area contributed by atoms with E-state index in [-0.39, 0.29) is 11.8 Å². The Morgan fingerprint density at radius 3 is 2.17 bits per heavy atom. The van der Waals surface area contributed by atoms with Crippen LogP contribution in [0, 0.1) is 17.3 Å². The Hall–Kier alpha value is -1.32. The van der Waals surface area contributed by atoms with Crippen LogP contribution in [0.3, 0.4) is 0 Å². The highest BCUT2D eigenvalue weighted by Gasteiger charge is 2.65. The molecule has 2 aliphatic rings. The molecule has 0 radical (unpaired) electrons. The molecule has 0 amide bonds. The Kier molecular flexibility index (Phi) is 2.80. The topological polar surface area (TPSA) is 52.6 Å². The van der Waals surface area contributed by atoms with Crippen LogP contribution >= 0.6 is 0 Å². The number of hydrogen-bond donors (Lipinski definition) is 0. The minimum absolute atomic E-state index is 0.0738. The van der Waals surface area contributed by atoms with Crippen molar-refractivity contribution in [3.05, 3.63) is 12.2 Å². The van der Waals surface area contributed by atoms with Gasteiger partial charge in [-0.1, -0.05) is 19.1 Å². The molecule has 4 nitrogen and oxygen atoms in total. The molecule has 0 N–H and O–H groups in total. The van der Waals surface area contributed by atoms with Gasteiger partial charge in [-0.3, -0.25) is 9.59 Å². The quantitative estimate of drug-likeness (QED) is 0.408. The van der Waals surface area contributed by atoms with E-state index in [4.69, 9.17) is 9.47 Å². The summed E-state index contributed by atoms with van der Waals surface area (Å²) in [7, 11) is 0. The number of ether oxygens (including phenoxy) is 2. The lowest BCUT2D eigenvalue weighted by Crippen LogP contribution is -2.58. The molecule has 1 spiro atoms. The summed E-state index contributed by atoms with van der Waals surface area (Å²) in [5.74, 6) is -2.33. The van der Waals surface area contributed by atoms with E-state index >= 15 is 0 Å². The van der Waals surface area contributed by atoms with Crippen LogP contribution in [0.25, 0.3) is 0 Å². The zero-order chi connectivity index (χ0) is 13.7. The maximum absolute atomic E-state index is 12.4. The average molecular weight is 252 g/mol. The number of cyclic esters (lactones) is 2. The third-order valence-electron chi connectivity index (χ3n) is 4.16. The molecule has 0 aromatic carbocycles. The van der Waals surface area contributed by atoms with E-state index in [0.29, 0.717) is 0 Å². The number of carbonyl (C=O) groups excluding carboxylic acids is 2. The largest absolute Gasteiger partial charge is 0.422 e. The van der Waals surface area contributed by atoms with Gasteiger partial charge in [-0.25, -0.2) is 0 Å². The summed E-state index contributed by atoms with van der Waals surface area (Å²) in [6, 6.07) is 0. The van der Waals surface area contributed by atoms with Crippen LogP contribution in [-0.4, -0.2) is 17.7 Å². The van der Waals surface area contributed by atoms with Gasteiger partial charge in [0.2, 0.25) is 0 Å². The van der Waals surface area contributed by atoms with Crippen molar-refractivity contribution in [3.8, 4) is 0 Å². The fourth-order valence-corrected chi connectivity index (χ4v) is 3.26. The Bertz CT molecular complexity index is 402. The molecule has 0 unspecified atom stereocenters. The monoisotopic (exact) mass is 252 g/mol. The first-order chi connectivity index (χ1) is 8.21. The zero-order valence-electron chi connectivity index (χ0n) is 11.4. The van der Waals surface area contributed by atoms with E-state index in [1.54, 1.807) is 13.8 Å². The van der Waals surface area contributed by atoms with Crippen LogP contribution < -0.4 is 0 Å². The summed E-state index contributed by atoms with van der Waals surface area (Å²) in [6.45, 7) is 10.8. The number of esters is 2. The van der Waals surface area contributed by atoms with Crippen LogP contribution in [0.4, 0.5) is 0 Å². The molecule has 2 fully saturated rings. The van der Waals surface area contributed by atoms with E-state index in [0.717, 1.165) is 18.4 Å². The molecule has 0 bridgehead atoms. The highest BCUT2D eigenvalue weighted by molar-refractivity contribution is 6.03. The second kappa shape index (κ2) is 3.84. The van der Waals surface area contributed by atoms with Crippen molar-refractivity contribution in [1.29, 1.82) is 0 Å². The summed E-state index contributed by atoms with van der Waals surface area (Å²) in [4.78, 5) is 24.8. The van der Waals surface area contributed by atoms with Crippen LogP contribution in [0.15, 0.2) is 12.2 Å². The first-order valence-corrected chi connectivity index (χ1v) is 6.34. The number of carbonyl (C=O) groups is 2. The van der Waals surface area contributed by atoms with Gasteiger partial charge in [0, 0.05) is 19.8 Å². The fourth-order valence-electron chi connectivity index (χ4n) is 3.26. The Morgan fingerprint density at radius 2 is 1.72 bits per heavy atom. The fraction of sp³-hybridized carbons (Fsp3) is 0.714. The zero-order valence-corrected chi connectivity index (χ0v) is 11.4. The highest BCUT2D eigenvalue weighted by Crippen LogP contribution is 2.54. The molecule has 2 rings (SSSR count). The van der Waals surface area contributed by atoms with E-state index < -0.39 is 23.1 Å². The van der Waals surface area contributed by atoms with Gasteiger partial charge in [-0.05, 0) is 25.7 Å². The van der Waals surface area contributed by atoms with Crippen LogP contribution in [0.5, 0.6) is 0 Å². The molecule has 100 valence electrons. The molecule has 18 heavy (non-hydrogen) atoms. The lowest BCUT2D eigenvalue weighted by Gasteiger charge is -2.43. The van der Waals surface area contributed by atoms with Gasteiger partial charge in [0.15, 0.2) is 5.41 Å². The van der Waals surface area contributed by atoms with E-state index in [9.17, 15) is 9.59 Å². The van der Waals surface area contributed by atoms with E-state index in [1.165, 1.54) is 0 Å². The minimum Gasteiger partial charge on any atom is -0.422 e. The SMILES string of the molecule is C=C(C)[C@H]1CC[C@@H](C)C12C(=O)OC(C)(C)OC2=O. The normalized spacial score (nSPS) is 33.1. The van der Waals surface area contributed by atoms with E-state index in [2.05, 4.69) is 6.58 Å². The van der Waals surface area contributed by atoms with Gasteiger partial charge < -0.3 is 9.47 Å². The third-order valence-corrected chi connectivity index (χ3v) is 4.16. The van der Waals surface area contributed by atoms with Crippen molar-refractivity contribution < 1.29 is 19.1 Å². The Morgan fingerprint density at radius 1 is 1.22 bits per heavy atom. The highest BCUT2D eigenvalue weighted by atomic mass is 16.7. The molecule has 4 heteroatoms. The number of rotatable bonds is 1. The summed E-state index contributed by atoms with van der Waals surface area (Å²) in [6.07, 6.45) is 1.59. The molecular weight excluding hydrogens is 232 g/mol. The Balaban J connectivity index is 2.48. The maximum Gasteiger partial charge on any atom is 0.327 e. The van der Waals surface area contributed by atoms with Gasteiger partial charge in [-0.15, -0.1) is 0 Å². The first-order valence-electron chi connectivity index (χ1n) is 6.34. The van der Waals surface area contributed by atoms with Gasteiger partial charge in [0.05, 0.1) is 0 Å². The van der Waals surface area contributed by atoms with Crippen molar-refractivity contribution >= 4 is 11.9 Å². The van der Waals surface area contributed by atoms with Gasteiger partial charge in [-0.2, -0.15) is 0 Å². The van der Waals surface area contributed by atoms with Gasteiger partial charge in [0.1, 0.15) is 0 Å². The second-order valence-corrected chi connectivity index (χ2v) is 5.93. The predicted molar refractivity (Wildman–Crippen MR) is 65.4 cm³/mol. The van der Waals surface area contributed by atoms with Crippen molar-refractivity contribution in [3.63, 3.8) is 0 Å². The third kappa shape index (κ3) is 1.58. The van der Waals surface area contributed by atoms with Gasteiger partial charge >= 0.3 is 11.9 Å². The summed E-state index contributed by atoms with van der Waals surface area (Å²) < 4.78 is 10.6. The summed E-state index contributed by atoms with van der Waals surface area (Å²) in [5, 5.41) is 0. The molecule has 1 heterocycles. The molecule has 1 aliphatic carbocycles. The van der Waals surface area contributed by atoms with Crippen molar-refractivity contribution in [1.82, 2.24) is 0 Å². The number of allylic oxidation sites excluding steroid dienone is 1. The van der Waals surface area contributed by atoms with Crippen LogP contribution in [-0.2, 0) is 19.1 Å². The molecule has 1 aliphatic heterocycles. The maximum atomic E-state index is 12.4. The standard InChI is InChI=1S/C14H20O4/c1-8(2)10-7-6-9(3)14(10)11(15)17-13(4,5)18-12(14)16/h9-10H,1,6-7H2,2-5H3/t9-,10-/m1/s1. The lowest BCUT2D eigenvalue weighted by molar-refractivity contribution is -0.256. The van der Waals surface area contributed by atoms with Crippen molar-refractivity contribution in [2.45, 2.75) is 46.3 Å². The summed E-state index contributed by atoms with van der Waals surface area (Å²) >= 11 is 0. The molecule has 1 saturated carbocycles. The molecule has 0 aromatic heterocycles. The average Bonchev–Trinajstić information content (AvgIpc) is 2.53. The van der Waals surface area contributed by atoms with Crippen LogP contribution in [0.2, 0.25) is 0 Å². The predicted octanol–water partition coefficient (Wildman–Crippen LogP) is 2.43. The van der Waals surface area contributed by atoms with Gasteiger partial charge in [0.25, 0.3) is 5.79 Å². The number of hydrogen-bond acceptors (Lipinski definition) is 4. The molecule has 0 aromatic rings. The minimum atomic E-state index is -1.18.